The highest BCUT2D eigenvalue weighted by atomic mass is 79.9. The molecule has 2 aliphatic rings. The average molecular weight is 697 g/mol. The number of H-pyrrole nitrogens is 2. The lowest BCUT2D eigenvalue weighted by atomic mass is 10.0. The molecule has 2 N–H and O–H groups in total. The van der Waals surface area contributed by atoms with E-state index >= 15 is 0 Å². The van der Waals surface area contributed by atoms with Crippen LogP contribution in [-0.2, 0) is 0 Å². The smallest absolute Gasteiger partial charge is 0.0753 e. The summed E-state index contributed by atoms with van der Waals surface area (Å²) < 4.78 is 1.01. The highest BCUT2D eigenvalue weighted by Crippen LogP contribution is 2.37. The number of hydrogen-bond donors (Lipinski definition) is 2. The molecule has 49 heavy (non-hydrogen) atoms. The van der Waals surface area contributed by atoms with Crippen LogP contribution in [0.4, 0.5) is 0 Å². The fraction of sp³-hybridized carbons (Fsp3) is 0. The largest absolute Gasteiger partial charge is 0.354 e. The van der Waals surface area contributed by atoms with Gasteiger partial charge in [0.15, 0.2) is 0 Å². The van der Waals surface area contributed by atoms with E-state index in [4.69, 9.17) is 24.9 Å². The SMILES string of the molecule is Brc1ccc(-c2c3nc(c(-c4ccccn4)c4ccc([nH]4)c(-c4ccccn4)c4nc(c(-c5ccccn5)c5ccc2[nH]5)C=C4)C=C3)cc1. The van der Waals surface area contributed by atoms with Crippen LogP contribution < -0.4 is 0 Å². The van der Waals surface area contributed by atoms with E-state index < -0.39 is 0 Å². The molecule has 232 valence electrons. The van der Waals surface area contributed by atoms with E-state index in [1.807, 2.05) is 67.0 Å². The molecule has 0 radical (unpaired) electrons. The zero-order chi connectivity index (χ0) is 32.7. The molecule has 0 unspecified atom stereocenters. The van der Waals surface area contributed by atoms with E-state index in [9.17, 15) is 0 Å². The maximum atomic E-state index is 5.29. The Morgan fingerprint density at radius 1 is 0.388 bits per heavy atom. The minimum absolute atomic E-state index is 0.796. The molecule has 0 aliphatic carbocycles. The molecular formula is C41H26BrN7. The van der Waals surface area contributed by atoms with Crippen molar-refractivity contribution in [2.75, 3.05) is 0 Å². The fourth-order valence-electron chi connectivity index (χ4n) is 6.47. The Morgan fingerprint density at radius 3 is 1.12 bits per heavy atom. The lowest BCUT2D eigenvalue weighted by molar-refractivity contribution is 1.26. The van der Waals surface area contributed by atoms with Crippen LogP contribution in [0.3, 0.4) is 0 Å². The zero-order valence-electron chi connectivity index (χ0n) is 26.0. The van der Waals surface area contributed by atoms with Gasteiger partial charge in [-0.1, -0.05) is 46.3 Å². The molecule has 0 saturated heterocycles. The summed E-state index contributed by atoms with van der Waals surface area (Å²) in [6.45, 7) is 0. The van der Waals surface area contributed by atoms with Gasteiger partial charge in [0.1, 0.15) is 0 Å². The van der Waals surface area contributed by atoms with Crippen molar-refractivity contribution in [1.82, 2.24) is 34.9 Å². The quantitative estimate of drug-likeness (QED) is 0.191. The maximum Gasteiger partial charge on any atom is 0.0753 e. The van der Waals surface area contributed by atoms with Crippen LogP contribution in [0.5, 0.6) is 0 Å². The first-order chi connectivity index (χ1) is 24.2. The topological polar surface area (TPSA) is 96.0 Å². The average Bonchev–Trinajstić information content (AvgIpc) is 3.98. The fourth-order valence-corrected chi connectivity index (χ4v) is 6.73. The first-order valence-corrected chi connectivity index (χ1v) is 16.7. The summed E-state index contributed by atoms with van der Waals surface area (Å²) in [6.07, 6.45) is 13.7. The lowest BCUT2D eigenvalue weighted by Gasteiger charge is -2.06. The number of aromatic nitrogens is 7. The highest BCUT2D eigenvalue weighted by Gasteiger charge is 2.19. The van der Waals surface area contributed by atoms with Crippen molar-refractivity contribution in [3.63, 3.8) is 0 Å². The minimum Gasteiger partial charge on any atom is -0.354 e. The molecule has 0 atom stereocenters. The van der Waals surface area contributed by atoms with Crippen LogP contribution in [0.1, 0.15) is 22.8 Å². The monoisotopic (exact) mass is 695 g/mol. The van der Waals surface area contributed by atoms with Crippen molar-refractivity contribution in [2.45, 2.75) is 0 Å². The zero-order valence-corrected chi connectivity index (χ0v) is 27.6. The van der Waals surface area contributed by atoms with Crippen molar-refractivity contribution in [3.05, 3.63) is 149 Å². The number of benzene rings is 1. The Kier molecular flexibility index (Phi) is 7.13. The second-order valence-corrected chi connectivity index (χ2v) is 12.6. The molecule has 0 spiro atoms. The third-order valence-corrected chi connectivity index (χ3v) is 9.18. The number of pyridine rings is 3. The normalized spacial score (nSPS) is 12.0. The number of aromatic amines is 2. The van der Waals surface area contributed by atoms with Gasteiger partial charge in [-0.15, -0.1) is 0 Å². The van der Waals surface area contributed by atoms with Crippen molar-refractivity contribution in [2.24, 2.45) is 0 Å². The molecule has 7 aromatic rings. The summed E-state index contributed by atoms with van der Waals surface area (Å²) in [7, 11) is 0. The van der Waals surface area contributed by atoms with Gasteiger partial charge in [0, 0.05) is 50.8 Å². The van der Waals surface area contributed by atoms with E-state index in [1.54, 1.807) is 6.20 Å². The van der Waals surface area contributed by atoms with Gasteiger partial charge in [0.05, 0.1) is 56.4 Å². The van der Waals surface area contributed by atoms with Gasteiger partial charge in [0.25, 0.3) is 0 Å². The molecule has 0 amide bonds. The van der Waals surface area contributed by atoms with Gasteiger partial charge in [-0.25, -0.2) is 9.97 Å². The molecule has 7 nitrogen and oxygen atoms in total. The lowest BCUT2D eigenvalue weighted by Crippen LogP contribution is -1.91. The van der Waals surface area contributed by atoms with Gasteiger partial charge >= 0.3 is 0 Å². The first-order valence-electron chi connectivity index (χ1n) is 15.9. The molecular weight excluding hydrogens is 670 g/mol. The summed E-state index contributed by atoms with van der Waals surface area (Å²) >= 11 is 3.61. The van der Waals surface area contributed by atoms with Crippen molar-refractivity contribution in [3.8, 4) is 44.9 Å². The first kappa shape index (κ1) is 28.9. The van der Waals surface area contributed by atoms with Gasteiger partial charge in [0.2, 0.25) is 0 Å². The van der Waals surface area contributed by atoms with Crippen LogP contribution in [0.25, 0.3) is 91.3 Å². The second kappa shape index (κ2) is 12.1. The predicted molar refractivity (Wildman–Crippen MR) is 202 cm³/mol. The molecule has 6 aromatic heterocycles. The minimum atomic E-state index is 0.796. The third-order valence-electron chi connectivity index (χ3n) is 8.65. The van der Waals surface area contributed by atoms with Crippen LogP contribution >= 0.6 is 15.9 Å². The Balaban J connectivity index is 1.48. The Morgan fingerprint density at radius 2 is 0.755 bits per heavy atom. The number of rotatable bonds is 4. The molecule has 1 aromatic carbocycles. The molecule has 2 aliphatic heterocycles. The van der Waals surface area contributed by atoms with Crippen LogP contribution in [0, 0.1) is 0 Å². The van der Waals surface area contributed by atoms with Crippen LogP contribution in [0.2, 0.25) is 0 Å². The molecule has 8 heterocycles. The molecule has 0 saturated carbocycles. The Hall–Kier alpha value is -6.25. The Labute approximate surface area is 290 Å². The van der Waals surface area contributed by atoms with Crippen LogP contribution in [0.15, 0.2) is 126 Å². The van der Waals surface area contributed by atoms with Crippen molar-refractivity contribution < 1.29 is 0 Å². The molecule has 9 rings (SSSR count). The third kappa shape index (κ3) is 5.28. The molecule has 8 heteroatoms. The predicted octanol–water partition coefficient (Wildman–Crippen LogP) is 10.3. The van der Waals surface area contributed by atoms with Gasteiger partial charge in [-0.2, -0.15) is 0 Å². The summed E-state index contributed by atoms with van der Waals surface area (Å²) in [5, 5.41) is 0. The van der Waals surface area contributed by atoms with Crippen molar-refractivity contribution in [1.29, 1.82) is 0 Å². The van der Waals surface area contributed by atoms with Gasteiger partial charge < -0.3 is 9.97 Å². The van der Waals surface area contributed by atoms with Gasteiger partial charge in [-0.3, -0.25) is 15.0 Å². The summed E-state index contributed by atoms with van der Waals surface area (Å²) in [6, 6.07) is 34.5. The van der Waals surface area contributed by atoms with E-state index in [0.717, 1.165) is 94.2 Å². The molecule has 8 bridgehead atoms. The van der Waals surface area contributed by atoms with E-state index in [1.165, 1.54) is 0 Å². The number of nitrogens with one attached hydrogen (secondary N) is 2. The van der Waals surface area contributed by atoms with E-state index in [2.05, 4.69) is 98.7 Å². The summed E-state index contributed by atoms with van der Waals surface area (Å²) in [4.78, 5) is 32.3. The number of fused-ring (bicyclic) bond motifs is 8. The number of hydrogen-bond acceptors (Lipinski definition) is 5. The highest BCUT2D eigenvalue weighted by molar-refractivity contribution is 9.10. The van der Waals surface area contributed by atoms with E-state index in [0.29, 0.717) is 0 Å². The number of nitrogens with zero attached hydrogens (tertiary/aromatic N) is 5. The summed E-state index contributed by atoms with van der Waals surface area (Å²) in [5.41, 5.74) is 14.0. The maximum absolute atomic E-state index is 5.29. The second-order valence-electron chi connectivity index (χ2n) is 11.7. The number of halogens is 1. The Bertz CT molecular complexity index is 2550. The summed E-state index contributed by atoms with van der Waals surface area (Å²) in [5.74, 6) is 0. The van der Waals surface area contributed by atoms with Crippen LogP contribution in [-0.4, -0.2) is 34.9 Å². The molecule has 0 fully saturated rings. The van der Waals surface area contributed by atoms with E-state index in [-0.39, 0.29) is 0 Å². The van der Waals surface area contributed by atoms with Gasteiger partial charge in [-0.05, 0) is 103 Å². The standard InChI is InChI=1S/C41H26BrN7/c42-26-12-10-25(11-13-26)38-30-14-16-32(46-30)39(27-7-1-4-22-43-27)34-18-20-36(48-34)41(29-9-3-6-24-45-29)37-21-19-35(49-37)40(28-8-2-5-23-44-28)33-17-15-31(38)47-33/h1-24,46,49H. The van der Waals surface area contributed by atoms with Crippen molar-refractivity contribution >= 4 is 62.3 Å².